The molecule has 0 atom stereocenters. The number of benzene rings is 1. The Morgan fingerprint density at radius 1 is 1.28 bits per heavy atom. The Hall–Kier alpha value is -1.32. The van der Waals surface area contributed by atoms with Crippen LogP contribution in [0.4, 0.5) is 0 Å². The normalized spacial score (nSPS) is 11.2. The SMILES string of the molecule is Cc1ccsc1Cn1c(CCl)nc2ccccc21. The molecule has 0 bridgehead atoms. The molecule has 2 aromatic heterocycles. The number of aromatic nitrogens is 2. The number of para-hydroxylation sites is 2. The molecule has 0 amide bonds. The van der Waals surface area contributed by atoms with E-state index in [1.807, 2.05) is 18.2 Å². The first-order chi connectivity index (χ1) is 8.79. The highest BCUT2D eigenvalue weighted by Gasteiger charge is 2.11. The number of alkyl halides is 1. The minimum absolute atomic E-state index is 0.444. The van der Waals surface area contributed by atoms with Gasteiger partial charge in [-0.2, -0.15) is 0 Å². The average molecular weight is 277 g/mol. The number of aryl methyl sites for hydroxylation is 1. The molecule has 0 fully saturated rings. The Balaban J connectivity index is 2.12. The first kappa shape index (κ1) is 11.8. The lowest BCUT2D eigenvalue weighted by atomic mass is 10.3. The van der Waals surface area contributed by atoms with Gasteiger partial charge in [-0.1, -0.05) is 12.1 Å². The highest BCUT2D eigenvalue weighted by molar-refractivity contribution is 7.10. The summed E-state index contributed by atoms with van der Waals surface area (Å²) in [4.78, 5) is 5.94. The second kappa shape index (κ2) is 4.75. The quantitative estimate of drug-likeness (QED) is 0.656. The topological polar surface area (TPSA) is 17.8 Å². The van der Waals surface area contributed by atoms with Gasteiger partial charge in [0.1, 0.15) is 5.82 Å². The summed E-state index contributed by atoms with van der Waals surface area (Å²) < 4.78 is 2.21. The van der Waals surface area contributed by atoms with Crippen molar-refractivity contribution >= 4 is 34.0 Å². The molecule has 0 saturated carbocycles. The molecule has 4 heteroatoms. The van der Waals surface area contributed by atoms with Crippen LogP contribution in [0, 0.1) is 6.92 Å². The van der Waals surface area contributed by atoms with E-state index in [0.717, 1.165) is 23.4 Å². The molecule has 0 radical (unpaired) electrons. The van der Waals surface area contributed by atoms with E-state index in [9.17, 15) is 0 Å². The van der Waals surface area contributed by atoms with Crippen LogP contribution < -0.4 is 0 Å². The number of nitrogens with zero attached hydrogens (tertiary/aromatic N) is 2. The van der Waals surface area contributed by atoms with E-state index in [4.69, 9.17) is 11.6 Å². The van der Waals surface area contributed by atoms with Crippen LogP contribution >= 0.6 is 22.9 Å². The highest BCUT2D eigenvalue weighted by atomic mass is 35.5. The van der Waals surface area contributed by atoms with Gasteiger partial charge in [-0.05, 0) is 36.1 Å². The summed E-state index contributed by atoms with van der Waals surface area (Å²) in [6.45, 7) is 3.00. The first-order valence-corrected chi connectivity index (χ1v) is 7.24. The van der Waals surface area contributed by atoms with E-state index in [1.54, 1.807) is 11.3 Å². The number of hydrogen-bond acceptors (Lipinski definition) is 2. The van der Waals surface area contributed by atoms with Crippen LogP contribution in [0.15, 0.2) is 35.7 Å². The van der Waals surface area contributed by atoms with Gasteiger partial charge in [0.15, 0.2) is 0 Å². The number of hydrogen-bond donors (Lipinski definition) is 0. The third kappa shape index (κ3) is 1.93. The number of fused-ring (bicyclic) bond motifs is 1. The zero-order valence-electron chi connectivity index (χ0n) is 10.1. The molecule has 2 nitrogen and oxygen atoms in total. The summed E-state index contributed by atoms with van der Waals surface area (Å²) in [6.07, 6.45) is 0. The van der Waals surface area contributed by atoms with Crippen LogP contribution in [0.25, 0.3) is 11.0 Å². The van der Waals surface area contributed by atoms with Crippen LogP contribution in [0.1, 0.15) is 16.3 Å². The maximum Gasteiger partial charge on any atom is 0.125 e. The zero-order chi connectivity index (χ0) is 12.5. The zero-order valence-corrected chi connectivity index (χ0v) is 11.6. The Kier molecular flexibility index (Phi) is 3.10. The van der Waals surface area contributed by atoms with Crippen LogP contribution in [0.2, 0.25) is 0 Å². The molecule has 0 N–H and O–H groups in total. The smallest absolute Gasteiger partial charge is 0.125 e. The van der Waals surface area contributed by atoms with Gasteiger partial charge in [-0.25, -0.2) is 4.98 Å². The summed E-state index contributed by atoms with van der Waals surface area (Å²) in [5, 5.41) is 2.13. The standard InChI is InChI=1S/C14H13ClN2S/c1-10-6-7-18-13(10)9-17-12-5-3-2-4-11(12)16-14(17)8-15/h2-7H,8-9H2,1H3. The highest BCUT2D eigenvalue weighted by Crippen LogP contribution is 2.22. The predicted octanol–water partition coefficient (Wildman–Crippen LogP) is 4.19. The van der Waals surface area contributed by atoms with Gasteiger partial charge in [-0.15, -0.1) is 22.9 Å². The van der Waals surface area contributed by atoms with Crippen molar-refractivity contribution in [2.45, 2.75) is 19.3 Å². The molecule has 3 rings (SSSR count). The molecular formula is C14H13ClN2S. The molecule has 18 heavy (non-hydrogen) atoms. The third-order valence-electron chi connectivity index (χ3n) is 3.12. The Bertz CT molecular complexity index is 684. The van der Waals surface area contributed by atoms with Crippen molar-refractivity contribution in [1.29, 1.82) is 0 Å². The molecule has 3 aromatic rings. The third-order valence-corrected chi connectivity index (χ3v) is 4.37. The van der Waals surface area contributed by atoms with E-state index in [1.165, 1.54) is 10.4 Å². The van der Waals surface area contributed by atoms with Gasteiger partial charge in [0, 0.05) is 4.88 Å². The molecular weight excluding hydrogens is 264 g/mol. The van der Waals surface area contributed by atoms with Gasteiger partial charge in [0.2, 0.25) is 0 Å². The molecule has 2 heterocycles. The number of halogens is 1. The molecule has 0 aliphatic carbocycles. The van der Waals surface area contributed by atoms with Gasteiger partial charge >= 0.3 is 0 Å². The summed E-state index contributed by atoms with van der Waals surface area (Å²) >= 11 is 7.79. The molecule has 0 unspecified atom stereocenters. The fourth-order valence-electron chi connectivity index (χ4n) is 2.11. The lowest BCUT2D eigenvalue weighted by molar-refractivity contribution is 0.786. The van der Waals surface area contributed by atoms with Crippen molar-refractivity contribution < 1.29 is 0 Å². The fourth-order valence-corrected chi connectivity index (χ4v) is 3.21. The van der Waals surface area contributed by atoms with Crippen molar-refractivity contribution in [2.24, 2.45) is 0 Å². The van der Waals surface area contributed by atoms with E-state index < -0.39 is 0 Å². The average Bonchev–Trinajstić information content (AvgIpc) is 2.95. The summed E-state index contributed by atoms with van der Waals surface area (Å²) in [5.41, 5.74) is 3.50. The fraction of sp³-hybridized carbons (Fsp3) is 0.214. The largest absolute Gasteiger partial charge is 0.322 e. The lowest BCUT2D eigenvalue weighted by Gasteiger charge is -2.07. The van der Waals surface area contributed by atoms with Gasteiger partial charge < -0.3 is 4.57 Å². The number of rotatable bonds is 3. The minimum atomic E-state index is 0.444. The maximum absolute atomic E-state index is 6.00. The Morgan fingerprint density at radius 3 is 2.83 bits per heavy atom. The monoisotopic (exact) mass is 276 g/mol. The Morgan fingerprint density at radius 2 is 2.11 bits per heavy atom. The number of thiophene rings is 1. The Labute approximate surface area is 115 Å². The summed E-state index contributed by atoms with van der Waals surface area (Å²) in [5.74, 6) is 1.38. The molecule has 0 saturated heterocycles. The van der Waals surface area contributed by atoms with Gasteiger partial charge in [-0.3, -0.25) is 0 Å². The van der Waals surface area contributed by atoms with Crippen molar-refractivity contribution in [3.63, 3.8) is 0 Å². The van der Waals surface area contributed by atoms with Gasteiger partial charge in [0.25, 0.3) is 0 Å². The van der Waals surface area contributed by atoms with Crippen LogP contribution in [-0.4, -0.2) is 9.55 Å². The van der Waals surface area contributed by atoms with E-state index in [-0.39, 0.29) is 0 Å². The predicted molar refractivity (Wildman–Crippen MR) is 77.4 cm³/mol. The van der Waals surface area contributed by atoms with Crippen LogP contribution in [-0.2, 0) is 12.4 Å². The molecule has 0 aliphatic rings. The van der Waals surface area contributed by atoms with Crippen molar-refractivity contribution in [3.8, 4) is 0 Å². The van der Waals surface area contributed by atoms with E-state index in [0.29, 0.717) is 5.88 Å². The second-order valence-electron chi connectivity index (χ2n) is 4.26. The summed E-state index contributed by atoms with van der Waals surface area (Å²) in [7, 11) is 0. The lowest BCUT2D eigenvalue weighted by Crippen LogP contribution is -2.03. The molecule has 92 valence electrons. The second-order valence-corrected chi connectivity index (χ2v) is 5.53. The van der Waals surface area contributed by atoms with E-state index >= 15 is 0 Å². The molecule has 0 spiro atoms. The van der Waals surface area contributed by atoms with Crippen molar-refractivity contribution in [3.05, 3.63) is 52.0 Å². The minimum Gasteiger partial charge on any atom is -0.322 e. The van der Waals surface area contributed by atoms with Crippen molar-refractivity contribution in [1.82, 2.24) is 9.55 Å². The summed E-state index contributed by atoms with van der Waals surface area (Å²) in [6, 6.07) is 10.3. The van der Waals surface area contributed by atoms with E-state index in [2.05, 4.69) is 34.0 Å². The van der Waals surface area contributed by atoms with Crippen LogP contribution in [0.3, 0.4) is 0 Å². The van der Waals surface area contributed by atoms with Crippen LogP contribution in [0.5, 0.6) is 0 Å². The first-order valence-electron chi connectivity index (χ1n) is 5.82. The van der Waals surface area contributed by atoms with Crippen molar-refractivity contribution in [2.75, 3.05) is 0 Å². The number of imidazole rings is 1. The van der Waals surface area contributed by atoms with Gasteiger partial charge in [0.05, 0.1) is 23.5 Å². The maximum atomic E-state index is 6.00. The molecule has 0 aliphatic heterocycles. The molecule has 1 aromatic carbocycles.